The van der Waals surface area contributed by atoms with Gasteiger partial charge in [0.15, 0.2) is 6.04 Å². The Morgan fingerprint density at radius 1 is 0.623 bits per heavy atom. The van der Waals surface area contributed by atoms with Gasteiger partial charge >= 0.3 is 19.8 Å². The van der Waals surface area contributed by atoms with Crippen LogP contribution in [-0.2, 0) is 32.7 Å². The maximum Gasteiger partial charge on any atom is 0.472 e. The van der Waals surface area contributed by atoms with Gasteiger partial charge in [-0.05, 0) is 44.9 Å². The second-order valence-corrected chi connectivity index (χ2v) is 15.3. The average Bonchev–Trinajstić information content (AvgIpc) is 3.13. The van der Waals surface area contributed by atoms with Crippen LogP contribution in [-0.4, -0.2) is 64.9 Å². The van der Waals surface area contributed by atoms with E-state index in [1.165, 1.54) is 77.0 Å². The Kier molecular flexibility index (Phi) is 35.1. The molecule has 0 saturated carbocycles. The SMILES string of the molecule is CC/C=C\C/C=C\C/C=C\CCCCCC(=O)NC(COP(=O)(O)OCC(O)COC(=O)CCCCCCCCCCCCCCCCCC)C(=O)O. The first-order valence-electron chi connectivity index (χ1n) is 20.5. The van der Waals surface area contributed by atoms with Crippen LogP contribution in [0.2, 0.25) is 0 Å². The molecule has 11 nitrogen and oxygen atoms in total. The van der Waals surface area contributed by atoms with E-state index in [-0.39, 0.29) is 12.8 Å². The standard InChI is InChI=1S/C41H74NO10P/c1-3-5-7-9-11-13-15-17-18-19-21-23-25-27-29-31-33-40(45)50-34-37(43)35-51-53(48,49)52-36-38(41(46)47)42-39(44)32-30-28-26-24-22-20-16-14-12-10-8-6-4-2/h6,8,12,14,20,22,37-38,43H,3-5,7,9-11,13,15-19,21,23-36H2,1-2H3,(H,42,44)(H,46,47)(H,48,49)/b8-6-,14-12-,22-20-. The Bertz CT molecular complexity index is 1050. The number of nitrogens with one attached hydrogen (secondary N) is 1. The minimum absolute atomic E-state index is 0.110. The summed E-state index contributed by atoms with van der Waals surface area (Å²) in [6.45, 7) is 2.45. The van der Waals surface area contributed by atoms with E-state index in [9.17, 15) is 34.1 Å². The van der Waals surface area contributed by atoms with Crippen molar-refractivity contribution in [2.75, 3.05) is 19.8 Å². The van der Waals surface area contributed by atoms with Crippen LogP contribution < -0.4 is 5.32 Å². The van der Waals surface area contributed by atoms with Gasteiger partial charge in [-0.1, -0.05) is 153 Å². The van der Waals surface area contributed by atoms with E-state index in [0.717, 1.165) is 57.8 Å². The minimum Gasteiger partial charge on any atom is -0.480 e. The zero-order valence-electron chi connectivity index (χ0n) is 33.1. The van der Waals surface area contributed by atoms with Crippen molar-refractivity contribution in [2.45, 2.75) is 187 Å². The Morgan fingerprint density at radius 3 is 1.64 bits per heavy atom. The first-order valence-corrected chi connectivity index (χ1v) is 22.0. The van der Waals surface area contributed by atoms with E-state index in [2.05, 4.69) is 55.6 Å². The summed E-state index contributed by atoms with van der Waals surface area (Å²) in [6, 6.07) is -1.56. The zero-order chi connectivity index (χ0) is 39.3. The van der Waals surface area contributed by atoms with Gasteiger partial charge in [-0.2, -0.15) is 0 Å². The third kappa shape index (κ3) is 36.4. The number of hydrogen-bond donors (Lipinski definition) is 4. The number of aliphatic hydroxyl groups excluding tert-OH is 1. The van der Waals surface area contributed by atoms with E-state index in [4.69, 9.17) is 13.8 Å². The molecule has 0 radical (unpaired) electrons. The molecule has 0 rings (SSSR count). The number of ether oxygens (including phenoxy) is 1. The molecule has 0 bridgehead atoms. The normalized spacial score (nSPS) is 14.2. The Balaban J connectivity index is 3.94. The summed E-state index contributed by atoms with van der Waals surface area (Å²) in [4.78, 5) is 45.8. The number of carbonyl (C=O) groups excluding carboxylic acids is 2. The van der Waals surface area contributed by atoms with Gasteiger partial charge in [0.05, 0.1) is 13.2 Å². The van der Waals surface area contributed by atoms with Crippen LogP contribution in [0.15, 0.2) is 36.5 Å². The quantitative estimate of drug-likeness (QED) is 0.0205. The van der Waals surface area contributed by atoms with Crippen LogP contribution in [0.1, 0.15) is 174 Å². The molecule has 0 aliphatic carbocycles. The molecule has 0 fully saturated rings. The summed E-state index contributed by atoms with van der Waals surface area (Å²) in [5.74, 6) is -2.41. The Morgan fingerprint density at radius 2 is 1.09 bits per heavy atom. The third-order valence-electron chi connectivity index (χ3n) is 8.69. The summed E-state index contributed by atoms with van der Waals surface area (Å²) in [5, 5.41) is 21.7. The van der Waals surface area contributed by atoms with E-state index in [1.807, 2.05) is 0 Å². The topological polar surface area (TPSA) is 169 Å². The first kappa shape index (κ1) is 50.7. The van der Waals surface area contributed by atoms with Gasteiger partial charge in [-0.15, -0.1) is 0 Å². The van der Waals surface area contributed by atoms with E-state index < -0.39 is 57.6 Å². The molecule has 0 aliphatic rings. The Labute approximate surface area is 321 Å². The molecule has 0 aromatic heterocycles. The van der Waals surface area contributed by atoms with Gasteiger partial charge in [0.2, 0.25) is 5.91 Å². The lowest BCUT2D eigenvalue weighted by Crippen LogP contribution is -2.43. The lowest BCUT2D eigenvalue weighted by Gasteiger charge is -2.18. The molecule has 0 spiro atoms. The number of aliphatic hydroxyl groups is 1. The highest BCUT2D eigenvalue weighted by Crippen LogP contribution is 2.43. The number of amides is 1. The number of aliphatic carboxylic acids is 1. The first-order chi connectivity index (χ1) is 25.6. The molecule has 1 amide bonds. The number of unbranched alkanes of at least 4 members (excludes halogenated alkanes) is 18. The largest absolute Gasteiger partial charge is 0.480 e. The van der Waals surface area contributed by atoms with Gasteiger partial charge in [0, 0.05) is 12.8 Å². The van der Waals surface area contributed by atoms with E-state index >= 15 is 0 Å². The third-order valence-corrected chi connectivity index (χ3v) is 9.64. The molecule has 0 saturated heterocycles. The highest BCUT2D eigenvalue weighted by molar-refractivity contribution is 7.47. The average molecular weight is 772 g/mol. The maximum absolute atomic E-state index is 12.2. The number of phosphoric ester groups is 1. The van der Waals surface area contributed by atoms with Gasteiger partial charge in [-0.25, -0.2) is 9.36 Å². The van der Waals surface area contributed by atoms with Crippen molar-refractivity contribution in [3.8, 4) is 0 Å². The van der Waals surface area contributed by atoms with Crippen LogP contribution in [0.5, 0.6) is 0 Å². The molecule has 3 atom stereocenters. The molecule has 0 aromatic carbocycles. The van der Waals surface area contributed by atoms with E-state index in [1.54, 1.807) is 0 Å². The van der Waals surface area contributed by atoms with Crippen LogP contribution >= 0.6 is 7.82 Å². The van der Waals surface area contributed by atoms with Crippen molar-refractivity contribution in [1.29, 1.82) is 0 Å². The highest BCUT2D eigenvalue weighted by atomic mass is 31.2. The van der Waals surface area contributed by atoms with Gasteiger partial charge in [-0.3, -0.25) is 18.6 Å². The molecule has 0 aromatic rings. The van der Waals surface area contributed by atoms with E-state index in [0.29, 0.717) is 12.8 Å². The number of hydrogen-bond acceptors (Lipinski definition) is 8. The molecule has 0 heterocycles. The fourth-order valence-corrected chi connectivity index (χ4v) is 6.28. The molecular formula is C41H74NO10P. The lowest BCUT2D eigenvalue weighted by atomic mass is 10.0. The minimum atomic E-state index is -4.76. The Hall–Kier alpha value is -2.30. The lowest BCUT2D eigenvalue weighted by molar-refractivity contribution is -0.147. The van der Waals surface area contributed by atoms with Crippen molar-refractivity contribution in [2.24, 2.45) is 0 Å². The summed E-state index contributed by atoms with van der Waals surface area (Å²) in [6.07, 6.45) is 37.5. The number of allylic oxidation sites excluding steroid dienone is 6. The van der Waals surface area contributed by atoms with Crippen LogP contribution in [0.3, 0.4) is 0 Å². The summed E-state index contributed by atoms with van der Waals surface area (Å²) < 4.78 is 26.8. The van der Waals surface area contributed by atoms with Crippen molar-refractivity contribution >= 4 is 25.7 Å². The molecular weight excluding hydrogens is 697 g/mol. The fraction of sp³-hybridized carbons (Fsp3) is 0.780. The molecule has 4 N–H and O–H groups in total. The predicted octanol–water partition coefficient (Wildman–Crippen LogP) is 10.1. The van der Waals surface area contributed by atoms with Crippen LogP contribution in [0.4, 0.5) is 0 Å². The van der Waals surface area contributed by atoms with Crippen LogP contribution in [0, 0.1) is 0 Å². The fourth-order valence-electron chi connectivity index (χ4n) is 5.51. The van der Waals surface area contributed by atoms with Crippen molar-refractivity contribution in [3.63, 3.8) is 0 Å². The van der Waals surface area contributed by atoms with Gasteiger partial charge in [0.1, 0.15) is 12.7 Å². The smallest absolute Gasteiger partial charge is 0.472 e. The second kappa shape index (κ2) is 36.7. The maximum atomic E-state index is 12.2. The van der Waals surface area contributed by atoms with Crippen LogP contribution in [0.25, 0.3) is 0 Å². The molecule has 53 heavy (non-hydrogen) atoms. The highest BCUT2D eigenvalue weighted by Gasteiger charge is 2.28. The monoisotopic (exact) mass is 772 g/mol. The number of carboxylic acids is 1. The number of carboxylic acid groups (broad SMARTS) is 1. The van der Waals surface area contributed by atoms with Gasteiger partial charge in [0.25, 0.3) is 0 Å². The number of rotatable bonds is 38. The van der Waals surface area contributed by atoms with Gasteiger partial charge < -0.3 is 25.2 Å². The summed E-state index contributed by atoms with van der Waals surface area (Å²) in [5.41, 5.74) is 0. The number of esters is 1. The number of phosphoric acid groups is 1. The predicted molar refractivity (Wildman–Crippen MR) is 212 cm³/mol. The van der Waals surface area contributed by atoms with Crippen molar-refractivity contribution in [1.82, 2.24) is 5.32 Å². The zero-order valence-corrected chi connectivity index (χ0v) is 34.0. The second-order valence-electron chi connectivity index (χ2n) is 13.8. The molecule has 308 valence electrons. The summed E-state index contributed by atoms with van der Waals surface area (Å²) >= 11 is 0. The van der Waals surface area contributed by atoms with Crippen molar-refractivity contribution < 1.29 is 47.8 Å². The van der Waals surface area contributed by atoms with Crippen molar-refractivity contribution in [3.05, 3.63) is 36.5 Å². The molecule has 3 unspecified atom stereocenters. The molecule has 0 aliphatic heterocycles. The number of carbonyl (C=O) groups is 3. The summed E-state index contributed by atoms with van der Waals surface area (Å²) in [7, 11) is -4.76. The molecule has 12 heteroatoms.